The number of hydrogen-bond acceptors (Lipinski definition) is 2. The van der Waals surface area contributed by atoms with Crippen LogP contribution in [0.3, 0.4) is 0 Å². The molecule has 1 aliphatic heterocycles. The first-order chi connectivity index (χ1) is 8.59. The van der Waals surface area contributed by atoms with E-state index in [-0.39, 0.29) is 5.91 Å². The third-order valence-corrected chi connectivity index (χ3v) is 4.02. The average Bonchev–Trinajstić information content (AvgIpc) is 2.86. The van der Waals surface area contributed by atoms with Gasteiger partial charge in [0.05, 0.1) is 0 Å². The molecule has 1 aromatic carbocycles. The number of rotatable bonds is 3. The summed E-state index contributed by atoms with van der Waals surface area (Å²) in [5.74, 6) is 0.642. The van der Waals surface area contributed by atoms with Crippen molar-refractivity contribution in [3.05, 3.63) is 34.4 Å². The Bertz CT molecular complexity index is 448. The highest BCUT2D eigenvalue weighted by Gasteiger charge is 2.17. The fourth-order valence-corrected chi connectivity index (χ4v) is 2.42. The zero-order valence-corrected chi connectivity index (χ0v) is 11.5. The molecule has 1 fully saturated rings. The van der Waals surface area contributed by atoms with Crippen LogP contribution >= 0.6 is 0 Å². The minimum absolute atomic E-state index is 0.0579. The quantitative estimate of drug-likeness (QED) is 0.856. The fourth-order valence-electron chi connectivity index (χ4n) is 2.42. The Kier molecular flexibility index (Phi) is 4.02. The molecular formula is C15H22N2O. The summed E-state index contributed by atoms with van der Waals surface area (Å²) in [5, 5.41) is 6.36. The van der Waals surface area contributed by atoms with Crippen LogP contribution in [0.15, 0.2) is 12.1 Å². The summed E-state index contributed by atoms with van der Waals surface area (Å²) in [5.41, 5.74) is 4.36. The van der Waals surface area contributed by atoms with E-state index in [1.165, 1.54) is 11.1 Å². The molecule has 3 nitrogen and oxygen atoms in total. The highest BCUT2D eigenvalue weighted by Crippen LogP contribution is 2.17. The van der Waals surface area contributed by atoms with E-state index in [1.807, 2.05) is 19.1 Å². The van der Waals surface area contributed by atoms with E-state index in [0.717, 1.165) is 37.2 Å². The number of amides is 1. The largest absolute Gasteiger partial charge is 0.352 e. The van der Waals surface area contributed by atoms with Crippen LogP contribution in [-0.2, 0) is 0 Å². The molecule has 1 saturated heterocycles. The summed E-state index contributed by atoms with van der Waals surface area (Å²) in [4.78, 5) is 12.2. The average molecular weight is 246 g/mol. The van der Waals surface area contributed by atoms with Gasteiger partial charge in [0.25, 0.3) is 5.91 Å². The first kappa shape index (κ1) is 13.1. The predicted octanol–water partition coefficient (Wildman–Crippen LogP) is 1.95. The van der Waals surface area contributed by atoms with Gasteiger partial charge in [-0.1, -0.05) is 6.07 Å². The van der Waals surface area contributed by atoms with Crippen molar-refractivity contribution in [2.24, 2.45) is 5.92 Å². The Morgan fingerprint density at radius 2 is 2.11 bits per heavy atom. The standard InChI is InChI=1S/C15H22N2O/c1-10-4-5-14(12(3)11(10)2)15(18)17-9-13-6-7-16-8-13/h4-5,13,16H,6-9H2,1-3H3,(H,17,18). The smallest absolute Gasteiger partial charge is 0.251 e. The Labute approximate surface area is 109 Å². The molecule has 1 heterocycles. The molecule has 2 N–H and O–H groups in total. The van der Waals surface area contributed by atoms with Gasteiger partial charge in [0.15, 0.2) is 0 Å². The summed E-state index contributed by atoms with van der Waals surface area (Å²) in [6.45, 7) is 9.04. The molecule has 18 heavy (non-hydrogen) atoms. The topological polar surface area (TPSA) is 41.1 Å². The summed E-state index contributed by atoms with van der Waals surface area (Å²) in [6.07, 6.45) is 1.16. The number of benzene rings is 1. The normalized spacial score (nSPS) is 18.9. The summed E-state index contributed by atoms with van der Waals surface area (Å²) < 4.78 is 0. The third-order valence-electron chi connectivity index (χ3n) is 4.02. The maximum Gasteiger partial charge on any atom is 0.251 e. The van der Waals surface area contributed by atoms with Crippen molar-refractivity contribution in [2.45, 2.75) is 27.2 Å². The molecule has 0 spiro atoms. The molecule has 1 unspecified atom stereocenters. The minimum Gasteiger partial charge on any atom is -0.352 e. The molecule has 2 rings (SSSR count). The molecule has 1 atom stereocenters. The van der Waals surface area contributed by atoms with Crippen LogP contribution in [0.25, 0.3) is 0 Å². The lowest BCUT2D eigenvalue weighted by Crippen LogP contribution is -2.30. The molecule has 1 aliphatic rings. The number of aryl methyl sites for hydroxylation is 1. The molecule has 0 bridgehead atoms. The van der Waals surface area contributed by atoms with Gasteiger partial charge in [-0.15, -0.1) is 0 Å². The highest BCUT2D eigenvalue weighted by atomic mass is 16.1. The number of hydrogen-bond donors (Lipinski definition) is 2. The Morgan fingerprint density at radius 3 is 2.78 bits per heavy atom. The number of carbonyl (C=O) groups excluding carboxylic acids is 1. The molecule has 3 heteroatoms. The summed E-state index contributed by atoms with van der Waals surface area (Å²) >= 11 is 0. The van der Waals surface area contributed by atoms with Crippen LogP contribution in [0.2, 0.25) is 0 Å². The lowest BCUT2D eigenvalue weighted by Gasteiger charge is -2.13. The van der Waals surface area contributed by atoms with Crippen molar-refractivity contribution >= 4 is 5.91 Å². The molecule has 98 valence electrons. The van der Waals surface area contributed by atoms with E-state index >= 15 is 0 Å². The van der Waals surface area contributed by atoms with Gasteiger partial charge in [0.1, 0.15) is 0 Å². The molecule has 1 amide bonds. The first-order valence-corrected chi connectivity index (χ1v) is 6.65. The van der Waals surface area contributed by atoms with Gasteiger partial charge in [0.2, 0.25) is 0 Å². The fraction of sp³-hybridized carbons (Fsp3) is 0.533. The lowest BCUT2D eigenvalue weighted by atomic mass is 9.98. The summed E-state index contributed by atoms with van der Waals surface area (Å²) in [7, 11) is 0. The molecule has 0 aliphatic carbocycles. The van der Waals surface area contributed by atoms with Crippen molar-refractivity contribution in [1.29, 1.82) is 0 Å². The van der Waals surface area contributed by atoms with E-state index in [4.69, 9.17) is 0 Å². The van der Waals surface area contributed by atoms with Crippen molar-refractivity contribution in [3.63, 3.8) is 0 Å². The van der Waals surface area contributed by atoms with Crippen LogP contribution in [0, 0.1) is 26.7 Å². The van der Waals surface area contributed by atoms with Gasteiger partial charge in [-0.25, -0.2) is 0 Å². The number of carbonyl (C=O) groups is 1. The van der Waals surface area contributed by atoms with Crippen molar-refractivity contribution in [1.82, 2.24) is 10.6 Å². The monoisotopic (exact) mass is 246 g/mol. The molecule has 1 aromatic rings. The van der Waals surface area contributed by atoms with Gasteiger partial charge in [-0.2, -0.15) is 0 Å². The first-order valence-electron chi connectivity index (χ1n) is 6.65. The maximum absolute atomic E-state index is 12.2. The highest BCUT2D eigenvalue weighted by molar-refractivity contribution is 5.96. The second-order valence-electron chi connectivity index (χ2n) is 5.25. The predicted molar refractivity (Wildman–Crippen MR) is 74.0 cm³/mol. The van der Waals surface area contributed by atoms with Gasteiger partial charge < -0.3 is 10.6 Å². The second-order valence-corrected chi connectivity index (χ2v) is 5.25. The van der Waals surface area contributed by atoms with Crippen molar-refractivity contribution < 1.29 is 4.79 Å². The van der Waals surface area contributed by atoms with Crippen molar-refractivity contribution in [3.8, 4) is 0 Å². The molecule has 0 aromatic heterocycles. The van der Waals surface area contributed by atoms with Crippen LogP contribution in [0.4, 0.5) is 0 Å². The van der Waals surface area contributed by atoms with Crippen LogP contribution in [0.1, 0.15) is 33.5 Å². The van der Waals surface area contributed by atoms with Gasteiger partial charge in [-0.3, -0.25) is 4.79 Å². The zero-order chi connectivity index (χ0) is 13.1. The van der Waals surface area contributed by atoms with E-state index in [0.29, 0.717) is 5.92 Å². The lowest BCUT2D eigenvalue weighted by molar-refractivity contribution is 0.0947. The van der Waals surface area contributed by atoms with Crippen molar-refractivity contribution in [2.75, 3.05) is 19.6 Å². The zero-order valence-electron chi connectivity index (χ0n) is 11.5. The van der Waals surface area contributed by atoms with Crippen LogP contribution in [0.5, 0.6) is 0 Å². The third kappa shape index (κ3) is 2.72. The van der Waals surface area contributed by atoms with Crippen LogP contribution < -0.4 is 10.6 Å². The van der Waals surface area contributed by atoms with E-state index in [1.54, 1.807) is 0 Å². The molecule has 0 saturated carbocycles. The van der Waals surface area contributed by atoms with Gasteiger partial charge in [0, 0.05) is 12.1 Å². The van der Waals surface area contributed by atoms with Crippen LogP contribution in [-0.4, -0.2) is 25.5 Å². The van der Waals surface area contributed by atoms with E-state index < -0.39 is 0 Å². The Balaban J connectivity index is 2.02. The SMILES string of the molecule is Cc1ccc(C(=O)NCC2CCNC2)c(C)c1C. The second kappa shape index (κ2) is 5.53. The maximum atomic E-state index is 12.2. The van der Waals surface area contributed by atoms with E-state index in [9.17, 15) is 4.79 Å². The van der Waals surface area contributed by atoms with Gasteiger partial charge >= 0.3 is 0 Å². The van der Waals surface area contributed by atoms with Gasteiger partial charge in [-0.05, 0) is 69.0 Å². The Hall–Kier alpha value is -1.35. The Morgan fingerprint density at radius 1 is 1.33 bits per heavy atom. The minimum atomic E-state index is 0.0579. The van der Waals surface area contributed by atoms with E-state index in [2.05, 4.69) is 24.5 Å². The molecular weight excluding hydrogens is 224 g/mol. The number of nitrogens with one attached hydrogen (secondary N) is 2. The molecule has 0 radical (unpaired) electrons. The summed E-state index contributed by atoms with van der Waals surface area (Å²) in [6, 6.07) is 3.95.